The van der Waals surface area contributed by atoms with Gasteiger partial charge in [0, 0.05) is 17.8 Å². The Bertz CT molecular complexity index is 495. The van der Waals surface area contributed by atoms with E-state index in [-0.39, 0.29) is 11.6 Å². The molecule has 1 heterocycles. The first-order valence-corrected chi connectivity index (χ1v) is 3.99. The number of nitrogens with two attached hydrogens (primary N) is 1. The van der Waals surface area contributed by atoms with Crippen LogP contribution in [0.3, 0.4) is 0 Å². The van der Waals surface area contributed by atoms with Crippen molar-refractivity contribution >= 4 is 11.4 Å². The third kappa shape index (κ3) is 1.62. The fourth-order valence-electron chi connectivity index (χ4n) is 1.13. The van der Waals surface area contributed by atoms with Crippen LogP contribution >= 0.6 is 0 Å². The van der Waals surface area contributed by atoms with Crippen LogP contribution < -0.4 is 5.73 Å². The lowest BCUT2D eigenvalue weighted by Gasteiger charge is -1.99. The summed E-state index contributed by atoms with van der Waals surface area (Å²) in [5, 5.41) is 13.9. The second-order valence-electron chi connectivity index (χ2n) is 2.78. The number of nitrogen functional groups attached to an aromatic ring is 1. The topological polar surface area (TPSA) is 108 Å². The molecule has 0 saturated carbocycles. The second kappa shape index (κ2) is 3.37. The molecule has 0 spiro atoms. The highest BCUT2D eigenvalue weighted by Gasteiger charge is 2.13. The minimum absolute atomic E-state index is 0.0719. The molecule has 1 aromatic carbocycles. The molecule has 15 heavy (non-hydrogen) atoms. The van der Waals surface area contributed by atoms with Crippen LogP contribution in [0.25, 0.3) is 11.5 Å². The highest BCUT2D eigenvalue weighted by molar-refractivity contribution is 5.72. The summed E-state index contributed by atoms with van der Waals surface area (Å²) in [6.45, 7) is 0. The van der Waals surface area contributed by atoms with E-state index in [4.69, 9.17) is 10.3 Å². The SMILES string of the molecule is Nc1ccc([N+](=O)[O-])cc1-c1ncno1. The van der Waals surface area contributed by atoms with Crippen molar-refractivity contribution in [1.29, 1.82) is 0 Å². The van der Waals surface area contributed by atoms with Crippen LogP contribution in [0.1, 0.15) is 0 Å². The van der Waals surface area contributed by atoms with E-state index in [1.807, 2.05) is 0 Å². The quantitative estimate of drug-likeness (QED) is 0.449. The van der Waals surface area contributed by atoms with Gasteiger partial charge < -0.3 is 10.3 Å². The first-order chi connectivity index (χ1) is 7.18. The highest BCUT2D eigenvalue weighted by atomic mass is 16.6. The largest absolute Gasteiger partial charge is 0.398 e. The zero-order valence-corrected chi connectivity index (χ0v) is 7.45. The first kappa shape index (κ1) is 9.13. The van der Waals surface area contributed by atoms with Gasteiger partial charge in [-0.1, -0.05) is 5.16 Å². The van der Waals surface area contributed by atoms with E-state index in [0.29, 0.717) is 11.3 Å². The maximum atomic E-state index is 10.5. The van der Waals surface area contributed by atoms with Gasteiger partial charge in [-0.3, -0.25) is 10.1 Å². The van der Waals surface area contributed by atoms with Gasteiger partial charge >= 0.3 is 0 Å². The van der Waals surface area contributed by atoms with Crippen LogP contribution in [0.2, 0.25) is 0 Å². The summed E-state index contributed by atoms with van der Waals surface area (Å²) in [4.78, 5) is 13.8. The van der Waals surface area contributed by atoms with E-state index in [9.17, 15) is 10.1 Å². The van der Waals surface area contributed by atoms with Crippen molar-refractivity contribution in [3.8, 4) is 11.5 Å². The highest BCUT2D eigenvalue weighted by Crippen LogP contribution is 2.27. The van der Waals surface area contributed by atoms with Crippen molar-refractivity contribution in [3.05, 3.63) is 34.6 Å². The van der Waals surface area contributed by atoms with Crippen LogP contribution in [0, 0.1) is 10.1 Å². The number of non-ortho nitro benzene ring substituents is 1. The second-order valence-corrected chi connectivity index (χ2v) is 2.78. The number of hydrogen-bond acceptors (Lipinski definition) is 6. The van der Waals surface area contributed by atoms with Gasteiger partial charge in [0.2, 0.25) is 0 Å². The minimum Gasteiger partial charge on any atom is -0.398 e. The Hall–Kier alpha value is -2.44. The van der Waals surface area contributed by atoms with Gasteiger partial charge in [-0.2, -0.15) is 4.98 Å². The molecular weight excluding hydrogens is 200 g/mol. The summed E-state index contributed by atoms with van der Waals surface area (Å²) < 4.78 is 4.77. The maximum Gasteiger partial charge on any atom is 0.270 e. The van der Waals surface area contributed by atoms with Gasteiger partial charge in [0.25, 0.3) is 11.6 Å². The van der Waals surface area contributed by atoms with E-state index < -0.39 is 4.92 Å². The van der Waals surface area contributed by atoms with Gasteiger partial charge in [-0.05, 0) is 6.07 Å². The van der Waals surface area contributed by atoms with Crippen molar-refractivity contribution < 1.29 is 9.45 Å². The molecule has 0 amide bonds. The Balaban J connectivity index is 2.55. The number of nitrogens with zero attached hydrogens (tertiary/aromatic N) is 3. The van der Waals surface area contributed by atoms with Crippen molar-refractivity contribution in [2.24, 2.45) is 0 Å². The zero-order valence-electron chi connectivity index (χ0n) is 7.45. The summed E-state index contributed by atoms with van der Waals surface area (Å²) in [6, 6.07) is 4.04. The molecule has 7 heteroatoms. The molecule has 0 atom stereocenters. The zero-order chi connectivity index (χ0) is 10.8. The molecule has 0 bridgehead atoms. The van der Waals surface area contributed by atoms with Crippen LogP contribution in [-0.4, -0.2) is 15.1 Å². The lowest BCUT2D eigenvalue weighted by molar-refractivity contribution is -0.384. The number of nitro groups is 1. The Kier molecular flexibility index (Phi) is 2.05. The standard InChI is InChI=1S/C8H6N4O3/c9-7-2-1-5(12(13)14)3-6(7)8-10-4-11-15-8/h1-4H,9H2. The molecule has 0 unspecified atom stereocenters. The minimum atomic E-state index is -0.515. The number of anilines is 1. The molecule has 2 N–H and O–H groups in total. The Morgan fingerprint density at radius 1 is 1.47 bits per heavy atom. The molecule has 0 saturated heterocycles. The molecule has 0 aliphatic rings. The summed E-state index contributed by atoms with van der Waals surface area (Å²) in [7, 11) is 0. The van der Waals surface area contributed by atoms with Gasteiger partial charge in [0.1, 0.15) is 0 Å². The summed E-state index contributed by atoms with van der Waals surface area (Å²) in [6.07, 6.45) is 1.20. The van der Waals surface area contributed by atoms with Gasteiger partial charge in [0.15, 0.2) is 6.33 Å². The fraction of sp³-hybridized carbons (Fsp3) is 0. The van der Waals surface area contributed by atoms with Crippen LogP contribution in [0.5, 0.6) is 0 Å². The molecule has 1 aromatic heterocycles. The normalized spacial score (nSPS) is 10.1. The average Bonchev–Trinajstić information content (AvgIpc) is 2.71. The Morgan fingerprint density at radius 2 is 2.27 bits per heavy atom. The Labute approximate surface area is 83.7 Å². The van der Waals surface area contributed by atoms with Crippen molar-refractivity contribution in [2.45, 2.75) is 0 Å². The van der Waals surface area contributed by atoms with Crippen LogP contribution in [0.4, 0.5) is 11.4 Å². The van der Waals surface area contributed by atoms with E-state index in [2.05, 4.69) is 10.1 Å². The number of nitro benzene ring substituents is 1. The molecule has 0 aliphatic heterocycles. The molecule has 76 valence electrons. The molecule has 0 aliphatic carbocycles. The van der Waals surface area contributed by atoms with Gasteiger partial charge in [0.05, 0.1) is 10.5 Å². The first-order valence-electron chi connectivity index (χ1n) is 3.99. The molecular formula is C8H6N4O3. The molecule has 7 nitrogen and oxygen atoms in total. The number of rotatable bonds is 2. The lowest BCUT2D eigenvalue weighted by atomic mass is 10.1. The Morgan fingerprint density at radius 3 is 2.87 bits per heavy atom. The number of benzene rings is 1. The predicted molar refractivity (Wildman–Crippen MR) is 50.8 cm³/mol. The van der Waals surface area contributed by atoms with Gasteiger partial charge in [-0.25, -0.2) is 0 Å². The predicted octanol–water partition coefficient (Wildman–Crippen LogP) is 1.23. The summed E-state index contributed by atoms with van der Waals surface area (Å²) >= 11 is 0. The monoisotopic (exact) mass is 206 g/mol. The molecule has 0 fully saturated rings. The van der Waals surface area contributed by atoms with E-state index >= 15 is 0 Å². The van der Waals surface area contributed by atoms with E-state index in [1.165, 1.54) is 24.5 Å². The summed E-state index contributed by atoms with van der Waals surface area (Å²) in [5.74, 6) is 0.163. The van der Waals surface area contributed by atoms with Crippen molar-refractivity contribution in [3.63, 3.8) is 0 Å². The van der Waals surface area contributed by atoms with Crippen molar-refractivity contribution in [1.82, 2.24) is 10.1 Å². The lowest BCUT2D eigenvalue weighted by Crippen LogP contribution is -1.93. The summed E-state index contributed by atoms with van der Waals surface area (Å²) in [5.41, 5.74) is 6.27. The van der Waals surface area contributed by atoms with Gasteiger partial charge in [-0.15, -0.1) is 0 Å². The van der Waals surface area contributed by atoms with Crippen LogP contribution in [-0.2, 0) is 0 Å². The number of aromatic nitrogens is 2. The van der Waals surface area contributed by atoms with E-state index in [0.717, 1.165) is 0 Å². The molecule has 2 rings (SSSR count). The fourth-order valence-corrected chi connectivity index (χ4v) is 1.13. The number of hydrogen-bond donors (Lipinski definition) is 1. The molecule has 0 radical (unpaired) electrons. The average molecular weight is 206 g/mol. The molecule has 2 aromatic rings. The van der Waals surface area contributed by atoms with Crippen LogP contribution in [0.15, 0.2) is 29.0 Å². The van der Waals surface area contributed by atoms with Crippen molar-refractivity contribution in [2.75, 3.05) is 5.73 Å². The smallest absolute Gasteiger partial charge is 0.270 e. The van der Waals surface area contributed by atoms with E-state index in [1.54, 1.807) is 0 Å². The maximum absolute atomic E-state index is 10.5. The third-order valence-electron chi connectivity index (χ3n) is 1.84. The third-order valence-corrected chi connectivity index (χ3v) is 1.84.